The molecule has 0 aliphatic carbocycles. The lowest BCUT2D eigenvalue weighted by Gasteiger charge is -1.92. The first-order valence-electron chi connectivity index (χ1n) is 2.17. The quantitative estimate of drug-likeness (QED) is 0.600. The van der Waals surface area contributed by atoms with Gasteiger partial charge in [-0.2, -0.15) is 4.39 Å². The molecule has 9 heavy (non-hydrogen) atoms. The molecule has 0 spiro atoms. The van der Waals surface area contributed by atoms with Crippen molar-refractivity contribution < 1.29 is 4.39 Å². The van der Waals surface area contributed by atoms with Gasteiger partial charge in [0, 0.05) is 10.7 Å². The van der Waals surface area contributed by atoms with Crippen LogP contribution in [0.5, 0.6) is 0 Å². The maximum absolute atomic E-state index is 12.3. The molecule has 0 unspecified atom stereocenters. The van der Waals surface area contributed by atoms with E-state index in [1.807, 2.05) is 0 Å². The fraction of sp³-hybridized carbons (Fsp3) is 0. The van der Waals surface area contributed by atoms with E-state index in [0.717, 1.165) is 0 Å². The monoisotopic (exact) mass is 209 g/mol. The van der Waals surface area contributed by atoms with E-state index < -0.39 is 5.95 Å². The standard InChI is InChI=1S/C5H2BrClFN/c6-3-1-2-9-5(8)4(3)7/h1-2H. The summed E-state index contributed by atoms with van der Waals surface area (Å²) in [5.41, 5.74) is 0. The molecule has 0 fully saturated rings. The lowest BCUT2D eigenvalue weighted by Crippen LogP contribution is -1.81. The molecule has 0 N–H and O–H groups in total. The largest absolute Gasteiger partial charge is 0.232 e. The van der Waals surface area contributed by atoms with Gasteiger partial charge in [0.1, 0.15) is 5.02 Å². The van der Waals surface area contributed by atoms with E-state index in [1.165, 1.54) is 6.20 Å². The van der Waals surface area contributed by atoms with Gasteiger partial charge in [0.05, 0.1) is 0 Å². The van der Waals surface area contributed by atoms with Crippen LogP contribution in [0.2, 0.25) is 5.02 Å². The van der Waals surface area contributed by atoms with E-state index in [2.05, 4.69) is 20.9 Å². The van der Waals surface area contributed by atoms with Crippen molar-refractivity contribution in [3.8, 4) is 0 Å². The van der Waals surface area contributed by atoms with Gasteiger partial charge in [-0.3, -0.25) is 0 Å². The maximum atomic E-state index is 12.3. The van der Waals surface area contributed by atoms with Crippen molar-refractivity contribution in [1.82, 2.24) is 4.98 Å². The zero-order chi connectivity index (χ0) is 6.85. The minimum absolute atomic E-state index is 0.0255. The van der Waals surface area contributed by atoms with Crippen LogP contribution < -0.4 is 0 Å². The number of rotatable bonds is 0. The fourth-order valence-corrected chi connectivity index (χ4v) is 0.790. The van der Waals surface area contributed by atoms with E-state index in [9.17, 15) is 4.39 Å². The second kappa shape index (κ2) is 2.62. The van der Waals surface area contributed by atoms with Gasteiger partial charge < -0.3 is 0 Å². The van der Waals surface area contributed by atoms with Gasteiger partial charge >= 0.3 is 0 Å². The van der Waals surface area contributed by atoms with Gasteiger partial charge in [-0.05, 0) is 22.0 Å². The highest BCUT2D eigenvalue weighted by Crippen LogP contribution is 2.22. The molecule has 0 aliphatic heterocycles. The van der Waals surface area contributed by atoms with Gasteiger partial charge in [-0.25, -0.2) is 4.98 Å². The molecule has 0 amide bonds. The summed E-state index contributed by atoms with van der Waals surface area (Å²) >= 11 is 8.43. The zero-order valence-electron chi connectivity index (χ0n) is 4.24. The Hall–Kier alpha value is -0.150. The Bertz CT molecular complexity index is 208. The van der Waals surface area contributed by atoms with Gasteiger partial charge in [0.25, 0.3) is 0 Å². The summed E-state index contributed by atoms with van der Waals surface area (Å²) < 4.78 is 12.8. The highest BCUT2D eigenvalue weighted by atomic mass is 79.9. The third-order valence-electron chi connectivity index (χ3n) is 0.800. The van der Waals surface area contributed by atoms with Gasteiger partial charge in [-0.15, -0.1) is 0 Å². The number of aromatic nitrogens is 1. The molecule has 0 saturated heterocycles. The predicted molar refractivity (Wildman–Crippen MR) is 36.9 cm³/mol. The Labute approximate surface area is 65.0 Å². The Morgan fingerprint density at radius 3 is 2.78 bits per heavy atom. The van der Waals surface area contributed by atoms with Gasteiger partial charge in [0.2, 0.25) is 5.95 Å². The van der Waals surface area contributed by atoms with E-state index in [0.29, 0.717) is 4.47 Å². The van der Waals surface area contributed by atoms with Crippen molar-refractivity contribution in [2.75, 3.05) is 0 Å². The molecule has 48 valence electrons. The average Bonchev–Trinajstić information content (AvgIpc) is 1.83. The second-order valence-corrected chi connectivity index (χ2v) is 2.63. The Kier molecular flexibility index (Phi) is 2.03. The van der Waals surface area contributed by atoms with Crippen LogP contribution in [0.4, 0.5) is 4.39 Å². The number of hydrogen-bond acceptors (Lipinski definition) is 1. The van der Waals surface area contributed by atoms with Gasteiger partial charge in [-0.1, -0.05) is 11.6 Å². The molecule has 1 aromatic rings. The van der Waals surface area contributed by atoms with Crippen molar-refractivity contribution in [3.05, 3.63) is 27.7 Å². The molecular weight excluding hydrogens is 208 g/mol. The normalized spacial score (nSPS) is 9.67. The van der Waals surface area contributed by atoms with Crippen molar-refractivity contribution in [3.63, 3.8) is 0 Å². The van der Waals surface area contributed by atoms with Crippen molar-refractivity contribution >= 4 is 27.5 Å². The van der Waals surface area contributed by atoms with Crippen LogP contribution in [0.1, 0.15) is 0 Å². The summed E-state index contributed by atoms with van der Waals surface area (Å²) in [6.07, 6.45) is 1.34. The molecule has 0 radical (unpaired) electrons. The first-order chi connectivity index (χ1) is 4.22. The average molecular weight is 210 g/mol. The molecule has 1 rings (SSSR count). The van der Waals surface area contributed by atoms with Crippen LogP contribution in [0.25, 0.3) is 0 Å². The molecule has 0 bridgehead atoms. The second-order valence-electron chi connectivity index (χ2n) is 1.40. The van der Waals surface area contributed by atoms with Crippen molar-refractivity contribution in [1.29, 1.82) is 0 Å². The third kappa shape index (κ3) is 1.40. The number of hydrogen-bond donors (Lipinski definition) is 0. The minimum atomic E-state index is -0.647. The third-order valence-corrected chi connectivity index (χ3v) is 2.05. The molecule has 0 aliphatic rings. The summed E-state index contributed by atoms with van der Waals surface area (Å²) in [6, 6.07) is 1.57. The van der Waals surface area contributed by atoms with Crippen LogP contribution in [0.15, 0.2) is 16.7 Å². The van der Waals surface area contributed by atoms with E-state index in [1.54, 1.807) is 6.07 Å². The minimum Gasteiger partial charge on any atom is -0.227 e. The summed E-state index contributed by atoms with van der Waals surface area (Å²) in [4.78, 5) is 3.31. The highest BCUT2D eigenvalue weighted by Gasteiger charge is 2.01. The highest BCUT2D eigenvalue weighted by molar-refractivity contribution is 9.10. The fourth-order valence-electron chi connectivity index (χ4n) is 0.397. The lowest BCUT2D eigenvalue weighted by molar-refractivity contribution is 0.583. The van der Waals surface area contributed by atoms with Gasteiger partial charge in [0.15, 0.2) is 0 Å². The van der Waals surface area contributed by atoms with Crippen molar-refractivity contribution in [2.24, 2.45) is 0 Å². The molecule has 1 heterocycles. The van der Waals surface area contributed by atoms with Crippen LogP contribution in [0.3, 0.4) is 0 Å². The molecule has 1 aromatic heterocycles. The lowest BCUT2D eigenvalue weighted by atomic mass is 10.5. The zero-order valence-corrected chi connectivity index (χ0v) is 6.58. The molecule has 0 atom stereocenters. The first-order valence-corrected chi connectivity index (χ1v) is 3.34. The molecule has 4 heteroatoms. The van der Waals surface area contributed by atoms with E-state index in [-0.39, 0.29) is 5.02 Å². The van der Waals surface area contributed by atoms with Crippen LogP contribution >= 0.6 is 27.5 Å². The summed E-state index contributed by atoms with van der Waals surface area (Å²) in [5, 5.41) is 0.0255. The topological polar surface area (TPSA) is 12.9 Å². The smallest absolute Gasteiger partial charge is 0.227 e. The predicted octanol–water partition coefficient (Wildman–Crippen LogP) is 2.64. The van der Waals surface area contributed by atoms with E-state index in [4.69, 9.17) is 11.6 Å². The first kappa shape index (κ1) is 6.96. The Balaban J connectivity index is 3.25. The summed E-state index contributed by atoms with van der Waals surface area (Å²) in [7, 11) is 0. The molecule has 1 nitrogen and oxygen atoms in total. The van der Waals surface area contributed by atoms with Crippen LogP contribution in [-0.2, 0) is 0 Å². The number of halogens is 3. The van der Waals surface area contributed by atoms with Crippen LogP contribution in [0, 0.1) is 5.95 Å². The molecule has 0 aromatic carbocycles. The maximum Gasteiger partial charge on any atom is 0.232 e. The SMILES string of the molecule is Fc1nccc(Br)c1Cl. The molecular formula is C5H2BrClFN. The van der Waals surface area contributed by atoms with Crippen molar-refractivity contribution in [2.45, 2.75) is 0 Å². The summed E-state index contributed by atoms with van der Waals surface area (Å²) in [6.45, 7) is 0. The van der Waals surface area contributed by atoms with Crippen LogP contribution in [-0.4, -0.2) is 4.98 Å². The van der Waals surface area contributed by atoms with E-state index >= 15 is 0 Å². The number of pyridine rings is 1. The Morgan fingerprint density at radius 1 is 1.67 bits per heavy atom. The molecule has 0 saturated carbocycles. The summed E-state index contributed by atoms with van der Waals surface area (Å²) in [5.74, 6) is -0.647. The number of nitrogens with zero attached hydrogens (tertiary/aromatic N) is 1. The Morgan fingerprint density at radius 2 is 2.33 bits per heavy atom.